The van der Waals surface area contributed by atoms with Gasteiger partial charge in [-0.2, -0.15) is 4.98 Å². The van der Waals surface area contributed by atoms with Crippen molar-refractivity contribution in [2.75, 3.05) is 0 Å². The minimum Gasteiger partial charge on any atom is -0.343 e. The SMILES string of the molecule is ClCc1cn(Cc2ncon2)nn1. The Morgan fingerprint density at radius 2 is 2.46 bits per heavy atom. The Bertz CT molecular complexity index is 370. The van der Waals surface area contributed by atoms with Crippen LogP contribution in [0.1, 0.15) is 11.5 Å². The number of hydrogen-bond donors (Lipinski definition) is 0. The molecule has 2 aromatic heterocycles. The molecule has 68 valence electrons. The third kappa shape index (κ3) is 1.83. The van der Waals surface area contributed by atoms with Gasteiger partial charge in [-0.25, -0.2) is 4.68 Å². The molecule has 0 N–H and O–H groups in total. The van der Waals surface area contributed by atoms with Crippen LogP contribution in [0.4, 0.5) is 0 Å². The van der Waals surface area contributed by atoms with Gasteiger partial charge in [0, 0.05) is 0 Å². The summed E-state index contributed by atoms with van der Waals surface area (Å²) in [6.45, 7) is 0.445. The van der Waals surface area contributed by atoms with Crippen LogP contribution in [0.25, 0.3) is 0 Å². The second-order valence-corrected chi connectivity index (χ2v) is 2.66. The predicted molar refractivity (Wildman–Crippen MR) is 43.0 cm³/mol. The number of nitrogens with zero attached hydrogens (tertiary/aromatic N) is 5. The van der Waals surface area contributed by atoms with Gasteiger partial charge in [0.15, 0.2) is 5.82 Å². The van der Waals surface area contributed by atoms with Crippen LogP contribution in [0.15, 0.2) is 17.1 Å². The van der Waals surface area contributed by atoms with Gasteiger partial charge >= 0.3 is 0 Å². The van der Waals surface area contributed by atoms with E-state index in [1.54, 1.807) is 10.9 Å². The van der Waals surface area contributed by atoms with E-state index in [4.69, 9.17) is 11.6 Å². The van der Waals surface area contributed by atoms with Gasteiger partial charge in [0.2, 0.25) is 6.39 Å². The van der Waals surface area contributed by atoms with Crippen LogP contribution in [0.3, 0.4) is 0 Å². The van der Waals surface area contributed by atoms with Crippen LogP contribution in [0.5, 0.6) is 0 Å². The van der Waals surface area contributed by atoms with Gasteiger partial charge in [-0.1, -0.05) is 10.4 Å². The van der Waals surface area contributed by atoms with Crippen molar-refractivity contribution in [3.05, 3.63) is 24.1 Å². The quantitative estimate of drug-likeness (QED) is 0.672. The molecule has 0 saturated carbocycles. The highest BCUT2D eigenvalue weighted by Gasteiger charge is 2.02. The van der Waals surface area contributed by atoms with Gasteiger partial charge in [-0.3, -0.25) is 0 Å². The molecule has 0 aliphatic rings. The maximum atomic E-state index is 5.56. The summed E-state index contributed by atoms with van der Waals surface area (Å²) >= 11 is 5.56. The van der Waals surface area contributed by atoms with Crippen LogP contribution < -0.4 is 0 Å². The van der Waals surface area contributed by atoms with E-state index in [9.17, 15) is 0 Å². The third-order valence-electron chi connectivity index (χ3n) is 1.43. The van der Waals surface area contributed by atoms with Gasteiger partial charge in [-0.05, 0) is 0 Å². The van der Waals surface area contributed by atoms with Crippen molar-refractivity contribution in [1.82, 2.24) is 25.1 Å². The van der Waals surface area contributed by atoms with Crippen LogP contribution in [-0.2, 0) is 12.4 Å². The Labute approximate surface area is 78.5 Å². The predicted octanol–water partition coefficient (Wildman–Crippen LogP) is 0.448. The molecule has 2 aromatic rings. The van der Waals surface area contributed by atoms with Gasteiger partial charge in [-0.15, -0.1) is 16.7 Å². The number of halogens is 1. The van der Waals surface area contributed by atoms with Crippen LogP contribution >= 0.6 is 11.6 Å². The van der Waals surface area contributed by atoms with Gasteiger partial charge < -0.3 is 4.52 Å². The summed E-state index contributed by atoms with van der Waals surface area (Å²) in [4.78, 5) is 3.85. The standard InChI is InChI=1S/C6H6ClN5O/c7-1-5-2-12(11-9-5)3-6-8-4-13-10-6/h2,4H,1,3H2. The van der Waals surface area contributed by atoms with Gasteiger partial charge in [0.25, 0.3) is 0 Å². The number of alkyl halides is 1. The lowest BCUT2D eigenvalue weighted by atomic mass is 10.5. The summed E-state index contributed by atoms with van der Waals surface area (Å²) in [5.41, 5.74) is 0.727. The van der Waals surface area contributed by atoms with Crippen molar-refractivity contribution in [2.45, 2.75) is 12.4 Å². The number of aromatic nitrogens is 5. The minimum absolute atomic E-state index is 0.353. The largest absolute Gasteiger partial charge is 0.343 e. The average Bonchev–Trinajstić information content (AvgIpc) is 2.76. The molecule has 0 amide bonds. The summed E-state index contributed by atoms with van der Waals surface area (Å²) in [6, 6.07) is 0. The number of rotatable bonds is 3. The molecule has 13 heavy (non-hydrogen) atoms. The lowest BCUT2D eigenvalue weighted by molar-refractivity contribution is 0.406. The summed E-state index contributed by atoms with van der Waals surface area (Å²) in [5, 5.41) is 11.3. The molecule has 0 aliphatic heterocycles. The summed E-state index contributed by atoms with van der Waals surface area (Å²) in [5.74, 6) is 0.915. The first kappa shape index (κ1) is 8.18. The molecule has 2 heterocycles. The smallest absolute Gasteiger partial charge is 0.213 e. The molecule has 0 atom stereocenters. The zero-order valence-corrected chi connectivity index (χ0v) is 7.35. The van der Waals surface area contributed by atoms with Gasteiger partial charge in [0.1, 0.15) is 6.54 Å². The van der Waals surface area contributed by atoms with Crippen molar-refractivity contribution in [2.24, 2.45) is 0 Å². The topological polar surface area (TPSA) is 69.6 Å². The fourth-order valence-electron chi connectivity index (χ4n) is 0.884. The highest BCUT2D eigenvalue weighted by molar-refractivity contribution is 6.16. The van der Waals surface area contributed by atoms with E-state index in [0.717, 1.165) is 5.69 Å². The average molecular weight is 200 g/mol. The monoisotopic (exact) mass is 199 g/mol. The second-order valence-electron chi connectivity index (χ2n) is 2.39. The fraction of sp³-hybridized carbons (Fsp3) is 0.333. The van der Waals surface area contributed by atoms with Crippen LogP contribution in [0, 0.1) is 0 Å². The second kappa shape index (κ2) is 3.53. The van der Waals surface area contributed by atoms with Gasteiger partial charge in [0.05, 0.1) is 17.8 Å². The highest BCUT2D eigenvalue weighted by atomic mass is 35.5. The minimum atomic E-state index is 0.353. The van der Waals surface area contributed by atoms with Crippen molar-refractivity contribution in [3.8, 4) is 0 Å². The molecule has 0 saturated heterocycles. The van der Waals surface area contributed by atoms with E-state index in [-0.39, 0.29) is 0 Å². The van der Waals surface area contributed by atoms with Crippen LogP contribution in [-0.4, -0.2) is 25.1 Å². The van der Waals surface area contributed by atoms with E-state index in [1.165, 1.54) is 6.39 Å². The van der Waals surface area contributed by atoms with E-state index >= 15 is 0 Å². The van der Waals surface area contributed by atoms with E-state index in [2.05, 4.69) is 25.0 Å². The molecule has 0 radical (unpaired) electrons. The molecular formula is C6H6ClN5O. The zero-order valence-electron chi connectivity index (χ0n) is 6.59. The van der Waals surface area contributed by atoms with Crippen molar-refractivity contribution >= 4 is 11.6 Å². The van der Waals surface area contributed by atoms with Crippen molar-refractivity contribution < 1.29 is 4.52 Å². The molecule has 0 aliphatic carbocycles. The summed E-state index contributed by atoms with van der Waals surface area (Å²) in [6.07, 6.45) is 3.01. The number of hydrogen-bond acceptors (Lipinski definition) is 5. The van der Waals surface area contributed by atoms with E-state index in [1.807, 2.05) is 0 Å². The molecule has 0 aromatic carbocycles. The third-order valence-corrected chi connectivity index (χ3v) is 1.71. The first-order valence-electron chi connectivity index (χ1n) is 3.58. The molecular weight excluding hydrogens is 194 g/mol. The molecule has 0 fully saturated rings. The Hall–Kier alpha value is -1.43. The maximum absolute atomic E-state index is 5.56. The maximum Gasteiger partial charge on any atom is 0.213 e. The van der Waals surface area contributed by atoms with Crippen molar-refractivity contribution in [3.63, 3.8) is 0 Å². The lowest BCUT2D eigenvalue weighted by Gasteiger charge is -1.91. The Morgan fingerprint density at radius 1 is 1.54 bits per heavy atom. The molecule has 0 spiro atoms. The lowest BCUT2D eigenvalue weighted by Crippen LogP contribution is -2.01. The Morgan fingerprint density at radius 3 is 3.08 bits per heavy atom. The first-order chi connectivity index (χ1) is 6.38. The van der Waals surface area contributed by atoms with E-state index in [0.29, 0.717) is 18.2 Å². The molecule has 0 bridgehead atoms. The zero-order chi connectivity index (χ0) is 9.10. The Kier molecular flexibility index (Phi) is 2.22. The molecule has 7 heteroatoms. The molecule has 2 rings (SSSR count). The molecule has 6 nitrogen and oxygen atoms in total. The molecule has 0 unspecified atom stereocenters. The fourth-order valence-corrected chi connectivity index (χ4v) is 1.01. The van der Waals surface area contributed by atoms with Crippen molar-refractivity contribution in [1.29, 1.82) is 0 Å². The highest BCUT2D eigenvalue weighted by Crippen LogP contribution is 1.99. The normalized spacial score (nSPS) is 10.5. The Balaban J connectivity index is 2.10. The first-order valence-corrected chi connectivity index (χ1v) is 4.12. The van der Waals surface area contributed by atoms with E-state index < -0.39 is 0 Å². The summed E-state index contributed by atoms with van der Waals surface area (Å²) < 4.78 is 6.17. The van der Waals surface area contributed by atoms with Crippen LogP contribution in [0.2, 0.25) is 0 Å². The summed E-state index contributed by atoms with van der Waals surface area (Å²) in [7, 11) is 0.